The van der Waals surface area contributed by atoms with E-state index >= 15 is 0 Å². The third-order valence-electron chi connectivity index (χ3n) is 3.19. The molecule has 0 aliphatic rings. The topological polar surface area (TPSA) is 42.7 Å². The molecule has 0 aliphatic carbocycles. The fourth-order valence-corrected chi connectivity index (χ4v) is 2.05. The second-order valence-corrected chi connectivity index (χ2v) is 6.39. The Kier molecular flexibility index (Phi) is 4.45. The van der Waals surface area contributed by atoms with Gasteiger partial charge in [0.25, 0.3) is 0 Å². The quantitative estimate of drug-likeness (QED) is 0.941. The lowest BCUT2D eigenvalue weighted by Crippen LogP contribution is -2.35. The minimum absolute atomic E-state index is 0.100. The zero-order valence-electron chi connectivity index (χ0n) is 12.4. The highest BCUT2D eigenvalue weighted by atomic mass is 35.5. The summed E-state index contributed by atoms with van der Waals surface area (Å²) in [5.41, 5.74) is 3.51. The average Bonchev–Trinajstić information content (AvgIpc) is 2.70. The third-order valence-corrected chi connectivity index (χ3v) is 3.53. The number of halogens is 1. The summed E-state index contributed by atoms with van der Waals surface area (Å²) >= 11 is 6.14. The first-order valence-electron chi connectivity index (χ1n) is 6.71. The van der Waals surface area contributed by atoms with Gasteiger partial charge in [0.15, 0.2) is 0 Å². The van der Waals surface area contributed by atoms with Crippen molar-refractivity contribution in [3.63, 3.8) is 0 Å². The van der Waals surface area contributed by atoms with Crippen LogP contribution in [0.15, 0.2) is 24.7 Å². The van der Waals surface area contributed by atoms with Crippen molar-refractivity contribution in [1.29, 1.82) is 0 Å². The van der Waals surface area contributed by atoms with Crippen LogP contribution in [0, 0.1) is 6.92 Å². The van der Waals surface area contributed by atoms with Gasteiger partial charge in [-0.1, -0.05) is 11.6 Å². The van der Waals surface area contributed by atoms with Gasteiger partial charge in [0.1, 0.15) is 0 Å². The molecule has 0 aliphatic heterocycles. The van der Waals surface area contributed by atoms with E-state index in [1.807, 2.05) is 16.9 Å². The summed E-state index contributed by atoms with van der Waals surface area (Å²) in [6.07, 6.45) is 5.34. The van der Waals surface area contributed by atoms with Crippen molar-refractivity contribution in [3.8, 4) is 0 Å². The second-order valence-electron chi connectivity index (χ2n) is 5.98. The molecule has 0 saturated carbocycles. The van der Waals surface area contributed by atoms with E-state index in [0.717, 1.165) is 17.8 Å². The van der Waals surface area contributed by atoms with Crippen LogP contribution in [0.3, 0.4) is 0 Å². The molecule has 0 spiro atoms. The van der Waals surface area contributed by atoms with Gasteiger partial charge in [-0.05, 0) is 39.3 Å². The van der Waals surface area contributed by atoms with Crippen LogP contribution in [0.5, 0.6) is 0 Å². The molecule has 0 aromatic carbocycles. The molecule has 0 radical (unpaired) electrons. The van der Waals surface area contributed by atoms with Crippen LogP contribution in [0.25, 0.3) is 0 Å². The highest BCUT2D eigenvalue weighted by Gasteiger charge is 2.12. The summed E-state index contributed by atoms with van der Waals surface area (Å²) in [6.45, 7) is 10.0. The molecule has 1 N–H and O–H groups in total. The molecule has 4 nitrogen and oxygen atoms in total. The highest BCUT2D eigenvalue weighted by Crippen LogP contribution is 2.17. The van der Waals surface area contributed by atoms with Gasteiger partial charge in [-0.25, -0.2) is 0 Å². The Morgan fingerprint density at radius 1 is 1.25 bits per heavy atom. The molecule has 0 bridgehead atoms. The van der Waals surface area contributed by atoms with Crippen LogP contribution in [0.2, 0.25) is 5.02 Å². The summed E-state index contributed by atoms with van der Waals surface area (Å²) in [5, 5.41) is 8.61. The molecule has 108 valence electrons. The van der Waals surface area contributed by atoms with Gasteiger partial charge in [-0.2, -0.15) is 5.10 Å². The summed E-state index contributed by atoms with van der Waals surface area (Å²) in [5.74, 6) is 0. The minimum Gasteiger partial charge on any atom is -0.308 e. The van der Waals surface area contributed by atoms with E-state index in [-0.39, 0.29) is 5.54 Å². The Bertz CT molecular complexity index is 584. The van der Waals surface area contributed by atoms with Crippen molar-refractivity contribution in [2.45, 2.75) is 46.3 Å². The van der Waals surface area contributed by atoms with E-state index in [0.29, 0.717) is 11.6 Å². The number of nitrogens with one attached hydrogen (secondary N) is 1. The second kappa shape index (κ2) is 5.94. The van der Waals surface area contributed by atoms with Gasteiger partial charge >= 0.3 is 0 Å². The zero-order chi connectivity index (χ0) is 14.8. The monoisotopic (exact) mass is 292 g/mol. The van der Waals surface area contributed by atoms with Crippen LogP contribution in [-0.4, -0.2) is 20.3 Å². The fourth-order valence-electron chi connectivity index (χ4n) is 1.87. The van der Waals surface area contributed by atoms with E-state index in [1.54, 1.807) is 12.4 Å². The molecule has 0 fully saturated rings. The lowest BCUT2D eigenvalue weighted by Gasteiger charge is -2.20. The van der Waals surface area contributed by atoms with Crippen molar-refractivity contribution in [2.24, 2.45) is 0 Å². The van der Waals surface area contributed by atoms with Crippen molar-refractivity contribution in [1.82, 2.24) is 20.1 Å². The van der Waals surface area contributed by atoms with Crippen LogP contribution in [0.1, 0.15) is 37.6 Å². The van der Waals surface area contributed by atoms with Gasteiger partial charge in [0.2, 0.25) is 0 Å². The maximum Gasteiger partial charge on any atom is 0.0678 e. The molecule has 0 amide bonds. The molecular formula is C15H21ClN4. The van der Waals surface area contributed by atoms with Crippen LogP contribution in [0.4, 0.5) is 0 Å². The molecule has 2 rings (SSSR count). The number of rotatable bonds is 4. The van der Waals surface area contributed by atoms with Gasteiger partial charge in [-0.3, -0.25) is 9.67 Å². The number of pyridine rings is 1. The first kappa shape index (κ1) is 15.0. The number of nitrogens with zero attached hydrogens (tertiary/aromatic N) is 3. The standard InChI is InChI=1S/C15H21ClN4/c1-11-13(7-18-15(2,3)4)8-19-20(11)10-12-5-6-17-9-14(12)16/h5-6,8-9,18H,7,10H2,1-4H3. The summed E-state index contributed by atoms with van der Waals surface area (Å²) in [7, 11) is 0. The van der Waals surface area contributed by atoms with E-state index < -0.39 is 0 Å². The molecule has 5 heteroatoms. The van der Waals surface area contributed by atoms with Crippen molar-refractivity contribution in [3.05, 3.63) is 46.5 Å². The van der Waals surface area contributed by atoms with Crippen molar-refractivity contribution in [2.75, 3.05) is 0 Å². The molecule has 2 aromatic rings. The summed E-state index contributed by atoms with van der Waals surface area (Å²) < 4.78 is 1.97. The Balaban J connectivity index is 2.11. The average molecular weight is 293 g/mol. The molecule has 20 heavy (non-hydrogen) atoms. The van der Waals surface area contributed by atoms with Crippen LogP contribution >= 0.6 is 11.6 Å². The Hall–Kier alpha value is -1.39. The number of hydrogen-bond acceptors (Lipinski definition) is 3. The molecule has 0 saturated heterocycles. The molecule has 2 aromatic heterocycles. The first-order chi connectivity index (χ1) is 9.37. The van der Waals surface area contributed by atoms with E-state index in [9.17, 15) is 0 Å². The SMILES string of the molecule is Cc1c(CNC(C)(C)C)cnn1Cc1ccncc1Cl. The highest BCUT2D eigenvalue weighted by molar-refractivity contribution is 6.31. The van der Waals surface area contributed by atoms with Gasteiger partial charge < -0.3 is 5.32 Å². The Labute approximate surface area is 125 Å². The Morgan fingerprint density at radius 2 is 2.00 bits per heavy atom. The van der Waals surface area contributed by atoms with E-state index in [4.69, 9.17) is 11.6 Å². The van der Waals surface area contributed by atoms with E-state index in [1.165, 1.54) is 5.56 Å². The molecule has 2 heterocycles. The summed E-state index contributed by atoms with van der Waals surface area (Å²) in [6, 6.07) is 1.93. The normalized spacial score (nSPS) is 11.8. The molecular weight excluding hydrogens is 272 g/mol. The van der Waals surface area contributed by atoms with Gasteiger partial charge in [0.05, 0.1) is 17.8 Å². The summed E-state index contributed by atoms with van der Waals surface area (Å²) in [4.78, 5) is 4.00. The predicted molar refractivity (Wildman–Crippen MR) is 81.9 cm³/mol. The first-order valence-corrected chi connectivity index (χ1v) is 7.09. The van der Waals surface area contributed by atoms with E-state index in [2.05, 4.69) is 43.1 Å². The maximum absolute atomic E-state index is 6.14. The lowest BCUT2D eigenvalue weighted by atomic mass is 10.1. The molecule has 0 unspecified atom stereocenters. The number of aromatic nitrogens is 3. The maximum atomic E-state index is 6.14. The lowest BCUT2D eigenvalue weighted by molar-refractivity contribution is 0.423. The third kappa shape index (κ3) is 3.81. The molecule has 0 atom stereocenters. The predicted octanol–water partition coefficient (Wildman–Crippen LogP) is 3.18. The smallest absolute Gasteiger partial charge is 0.0678 e. The zero-order valence-corrected chi connectivity index (χ0v) is 13.2. The fraction of sp³-hybridized carbons (Fsp3) is 0.467. The van der Waals surface area contributed by atoms with Crippen LogP contribution < -0.4 is 5.32 Å². The minimum atomic E-state index is 0.100. The van der Waals surface area contributed by atoms with Crippen molar-refractivity contribution >= 4 is 11.6 Å². The van der Waals surface area contributed by atoms with Gasteiger partial charge in [-0.15, -0.1) is 0 Å². The van der Waals surface area contributed by atoms with Crippen LogP contribution in [-0.2, 0) is 13.1 Å². The number of hydrogen-bond donors (Lipinski definition) is 1. The largest absolute Gasteiger partial charge is 0.308 e. The van der Waals surface area contributed by atoms with Gasteiger partial charge in [0, 0.05) is 35.7 Å². The van der Waals surface area contributed by atoms with Crippen molar-refractivity contribution < 1.29 is 0 Å². The Morgan fingerprint density at radius 3 is 2.65 bits per heavy atom.